The van der Waals surface area contributed by atoms with Crippen LogP contribution >= 0.6 is 22.9 Å². The van der Waals surface area contributed by atoms with E-state index in [9.17, 15) is 4.79 Å². The van der Waals surface area contributed by atoms with E-state index in [4.69, 9.17) is 11.6 Å². The number of benzene rings is 1. The van der Waals surface area contributed by atoms with Crippen molar-refractivity contribution in [3.05, 3.63) is 58.6 Å². The van der Waals surface area contributed by atoms with Gasteiger partial charge >= 0.3 is 0 Å². The Kier molecular flexibility index (Phi) is 4.86. The summed E-state index contributed by atoms with van der Waals surface area (Å²) in [4.78, 5) is 23.5. The second kappa shape index (κ2) is 7.43. The van der Waals surface area contributed by atoms with Crippen molar-refractivity contribution in [2.75, 3.05) is 23.3 Å². The van der Waals surface area contributed by atoms with Crippen molar-refractivity contribution >= 4 is 39.8 Å². The van der Waals surface area contributed by atoms with Gasteiger partial charge in [-0.25, -0.2) is 9.97 Å². The van der Waals surface area contributed by atoms with Crippen LogP contribution in [0, 0.1) is 0 Å². The predicted octanol–water partition coefficient (Wildman–Crippen LogP) is 4.71. The van der Waals surface area contributed by atoms with Crippen molar-refractivity contribution in [1.29, 1.82) is 0 Å². The van der Waals surface area contributed by atoms with Crippen LogP contribution in [0.2, 0.25) is 5.02 Å². The fraction of sp³-hybridized carbons (Fsp3) is 0.211. The smallest absolute Gasteiger partial charge is 0.259 e. The Bertz CT molecular complexity index is 902. The van der Waals surface area contributed by atoms with Gasteiger partial charge in [0.25, 0.3) is 5.91 Å². The molecule has 0 atom stereocenters. The predicted molar refractivity (Wildman–Crippen MR) is 106 cm³/mol. The molecule has 132 valence electrons. The quantitative estimate of drug-likeness (QED) is 0.707. The second-order valence-electron chi connectivity index (χ2n) is 6.10. The summed E-state index contributed by atoms with van der Waals surface area (Å²) in [6, 6.07) is 11.2. The Labute approximate surface area is 160 Å². The first-order valence-electron chi connectivity index (χ1n) is 8.43. The molecule has 0 saturated carbocycles. The highest BCUT2D eigenvalue weighted by Crippen LogP contribution is 2.26. The Hall–Kier alpha value is -2.44. The number of nitrogens with one attached hydrogen (secondary N) is 1. The first-order valence-corrected chi connectivity index (χ1v) is 9.69. The Morgan fingerprint density at radius 3 is 2.58 bits per heavy atom. The summed E-state index contributed by atoms with van der Waals surface area (Å²) in [6.45, 7) is 2.07. The summed E-state index contributed by atoms with van der Waals surface area (Å²) in [7, 11) is 0. The number of hydrogen-bond acceptors (Lipinski definition) is 5. The fourth-order valence-electron chi connectivity index (χ4n) is 2.91. The van der Waals surface area contributed by atoms with Crippen LogP contribution in [0.3, 0.4) is 0 Å². The van der Waals surface area contributed by atoms with Crippen molar-refractivity contribution in [2.45, 2.75) is 12.8 Å². The molecular formula is C19H17ClN4OS. The van der Waals surface area contributed by atoms with Crippen LogP contribution in [-0.2, 0) is 0 Å². The van der Waals surface area contributed by atoms with Crippen molar-refractivity contribution in [3.63, 3.8) is 0 Å². The van der Waals surface area contributed by atoms with Gasteiger partial charge in [0, 0.05) is 35.3 Å². The molecule has 0 unspecified atom stereocenters. The number of carbonyl (C=O) groups excluding carboxylic acids is 1. The first kappa shape index (κ1) is 17.0. The van der Waals surface area contributed by atoms with Crippen molar-refractivity contribution in [3.8, 4) is 11.3 Å². The van der Waals surface area contributed by atoms with Crippen LogP contribution in [0.4, 0.5) is 10.9 Å². The summed E-state index contributed by atoms with van der Waals surface area (Å²) in [6.07, 6.45) is 4.02. The zero-order chi connectivity index (χ0) is 17.9. The highest BCUT2D eigenvalue weighted by Gasteiger charge is 2.15. The van der Waals surface area contributed by atoms with Crippen molar-refractivity contribution in [1.82, 2.24) is 9.97 Å². The SMILES string of the molecule is O=C(Nc1nc(-c2ccc(Cl)cc2)cs1)c1ccc(N2CCCC2)nc1. The van der Waals surface area contributed by atoms with Gasteiger partial charge in [0.15, 0.2) is 5.13 Å². The molecule has 1 aliphatic rings. The monoisotopic (exact) mass is 384 g/mol. The minimum absolute atomic E-state index is 0.206. The largest absolute Gasteiger partial charge is 0.357 e. The van der Waals surface area contributed by atoms with Crippen molar-refractivity contribution in [2.24, 2.45) is 0 Å². The van der Waals surface area contributed by atoms with E-state index in [1.807, 2.05) is 41.8 Å². The standard InChI is InChI=1S/C19H17ClN4OS/c20-15-6-3-13(4-7-15)16-12-26-19(22-16)23-18(25)14-5-8-17(21-11-14)24-9-1-2-10-24/h3-8,11-12H,1-2,9-10H2,(H,22,23,25). The number of carbonyl (C=O) groups is 1. The Balaban J connectivity index is 1.44. The van der Waals surface area contributed by atoms with E-state index in [0.717, 1.165) is 30.2 Å². The third-order valence-electron chi connectivity index (χ3n) is 4.30. The lowest BCUT2D eigenvalue weighted by molar-refractivity contribution is 0.102. The maximum atomic E-state index is 12.4. The number of rotatable bonds is 4. The maximum absolute atomic E-state index is 12.4. The average Bonchev–Trinajstić information content (AvgIpc) is 3.35. The summed E-state index contributed by atoms with van der Waals surface area (Å²) < 4.78 is 0. The van der Waals surface area contributed by atoms with Crippen LogP contribution in [0.1, 0.15) is 23.2 Å². The topological polar surface area (TPSA) is 58.1 Å². The van der Waals surface area contributed by atoms with Crippen LogP contribution < -0.4 is 10.2 Å². The van der Waals surface area contributed by atoms with Crippen LogP contribution in [0.5, 0.6) is 0 Å². The summed E-state index contributed by atoms with van der Waals surface area (Å²) in [5.41, 5.74) is 2.29. The lowest BCUT2D eigenvalue weighted by Crippen LogP contribution is -2.19. The molecule has 3 aromatic rings. The molecule has 3 heterocycles. The average molecular weight is 385 g/mol. The highest BCUT2D eigenvalue weighted by molar-refractivity contribution is 7.14. The van der Waals surface area contributed by atoms with Gasteiger partial charge < -0.3 is 4.90 Å². The Morgan fingerprint density at radius 1 is 1.12 bits per heavy atom. The van der Waals surface area contributed by atoms with E-state index >= 15 is 0 Å². The second-order valence-corrected chi connectivity index (χ2v) is 7.39. The van der Waals surface area contributed by atoms with E-state index in [1.54, 1.807) is 6.20 Å². The van der Waals surface area contributed by atoms with Crippen molar-refractivity contribution < 1.29 is 4.79 Å². The molecule has 0 bridgehead atoms. The van der Waals surface area contributed by atoms with E-state index in [-0.39, 0.29) is 5.91 Å². The molecule has 1 aromatic carbocycles. The number of hydrogen-bond donors (Lipinski definition) is 1. The summed E-state index contributed by atoms with van der Waals surface area (Å²) >= 11 is 7.30. The normalized spacial score (nSPS) is 13.8. The molecule has 2 aromatic heterocycles. The van der Waals surface area contributed by atoms with Gasteiger partial charge in [-0.1, -0.05) is 23.7 Å². The Morgan fingerprint density at radius 2 is 1.88 bits per heavy atom. The summed E-state index contributed by atoms with van der Waals surface area (Å²) in [5.74, 6) is 0.723. The third kappa shape index (κ3) is 3.71. The van der Waals surface area contributed by atoms with Gasteiger partial charge in [0.2, 0.25) is 0 Å². The fourth-order valence-corrected chi connectivity index (χ4v) is 3.75. The molecule has 0 radical (unpaired) electrons. The molecule has 1 saturated heterocycles. The van der Waals surface area contributed by atoms with Crippen LogP contribution in [-0.4, -0.2) is 29.0 Å². The zero-order valence-electron chi connectivity index (χ0n) is 14.0. The molecule has 0 spiro atoms. The van der Waals surface area contributed by atoms with Crippen LogP contribution in [0.25, 0.3) is 11.3 Å². The molecule has 4 rings (SSSR count). The number of anilines is 2. The molecule has 1 fully saturated rings. The van der Waals surface area contributed by atoms with Crippen LogP contribution in [0.15, 0.2) is 48.0 Å². The summed E-state index contributed by atoms with van der Waals surface area (Å²) in [5, 5.41) is 5.99. The van der Waals surface area contributed by atoms with Gasteiger partial charge in [0.1, 0.15) is 5.82 Å². The third-order valence-corrected chi connectivity index (χ3v) is 5.31. The zero-order valence-corrected chi connectivity index (χ0v) is 15.6. The molecule has 0 aliphatic carbocycles. The minimum atomic E-state index is -0.206. The van der Waals surface area contributed by atoms with Gasteiger partial charge in [-0.3, -0.25) is 10.1 Å². The number of pyridine rings is 1. The minimum Gasteiger partial charge on any atom is -0.357 e. The highest BCUT2D eigenvalue weighted by atomic mass is 35.5. The van der Waals surface area contributed by atoms with E-state index in [1.165, 1.54) is 24.2 Å². The number of aromatic nitrogens is 2. The van der Waals surface area contributed by atoms with Gasteiger partial charge in [-0.05, 0) is 37.1 Å². The lowest BCUT2D eigenvalue weighted by Gasteiger charge is -2.15. The molecule has 7 heteroatoms. The molecule has 26 heavy (non-hydrogen) atoms. The number of amides is 1. The van der Waals surface area contributed by atoms with E-state index < -0.39 is 0 Å². The first-order chi connectivity index (χ1) is 12.7. The number of thiazole rings is 1. The molecule has 1 N–H and O–H groups in total. The lowest BCUT2D eigenvalue weighted by atomic mass is 10.2. The van der Waals surface area contributed by atoms with Gasteiger partial charge in [-0.15, -0.1) is 11.3 Å². The molecule has 1 aliphatic heterocycles. The van der Waals surface area contributed by atoms with Gasteiger partial charge in [0.05, 0.1) is 11.3 Å². The van der Waals surface area contributed by atoms with E-state index in [0.29, 0.717) is 15.7 Å². The number of halogens is 1. The maximum Gasteiger partial charge on any atom is 0.259 e. The van der Waals surface area contributed by atoms with Gasteiger partial charge in [-0.2, -0.15) is 0 Å². The molecular weight excluding hydrogens is 368 g/mol. The van der Waals surface area contributed by atoms with E-state index in [2.05, 4.69) is 20.2 Å². The molecule has 5 nitrogen and oxygen atoms in total. The number of nitrogens with zero attached hydrogens (tertiary/aromatic N) is 3. The molecule has 1 amide bonds.